The van der Waals surface area contributed by atoms with Crippen LogP contribution in [0.15, 0.2) is 41.8 Å². The van der Waals surface area contributed by atoms with Crippen LogP contribution in [0, 0.1) is 6.92 Å². The summed E-state index contributed by atoms with van der Waals surface area (Å²) in [5.74, 6) is 0. The van der Waals surface area contributed by atoms with E-state index < -0.39 is 0 Å². The number of hydrogen-bond donors (Lipinski definition) is 1. The van der Waals surface area contributed by atoms with E-state index in [0.717, 1.165) is 0 Å². The van der Waals surface area contributed by atoms with E-state index in [2.05, 4.69) is 58.6 Å². The number of fused-ring (bicyclic) bond motifs is 1. The summed E-state index contributed by atoms with van der Waals surface area (Å²) < 4.78 is 0. The summed E-state index contributed by atoms with van der Waals surface area (Å²) in [5, 5.41) is 3.57. The Bertz CT molecular complexity index is 736. The zero-order chi connectivity index (χ0) is 14.2. The molecule has 0 amide bonds. The van der Waals surface area contributed by atoms with E-state index >= 15 is 0 Å². The summed E-state index contributed by atoms with van der Waals surface area (Å²) in [6.07, 6.45) is 2.65. The van der Waals surface area contributed by atoms with Crippen molar-refractivity contribution in [3.8, 4) is 0 Å². The van der Waals surface area contributed by atoms with Crippen LogP contribution >= 0.6 is 11.3 Å². The van der Waals surface area contributed by atoms with Gasteiger partial charge in [-0.05, 0) is 50.4 Å². The Balaban J connectivity index is 1.90. The molecule has 0 aliphatic carbocycles. The maximum absolute atomic E-state index is 3.57. The summed E-state index contributed by atoms with van der Waals surface area (Å²) in [6, 6.07) is 13.6. The Kier molecular flexibility index (Phi) is 3.32. The van der Waals surface area contributed by atoms with Gasteiger partial charge in [0.05, 0.1) is 6.04 Å². The van der Waals surface area contributed by atoms with Gasteiger partial charge in [0.15, 0.2) is 0 Å². The molecule has 2 nitrogen and oxygen atoms in total. The van der Waals surface area contributed by atoms with Crippen LogP contribution in [0.2, 0.25) is 0 Å². The average molecular weight is 296 g/mol. The number of para-hydroxylation sites is 1. The Morgan fingerprint density at radius 2 is 1.90 bits per heavy atom. The first-order chi connectivity index (χ1) is 10.3. The largest absolute Gasteiger partial charge is 0.358 e. The highest BCUT2D eigenvalue weighted by Gasteiger charge is 2.29. The van der Waals surface area contributed by atoms with Gasteiger partial charge in [-0.25, -0.2) is 0 Å². The molecular weight excluding hydrogens is 276 g/mol. The van der Waals surface area contributed by atoms with Crippen molar-refractivity contribution < 1.29 is 0 Å². The Morgan fingerprint density at radius 3 is 2.67 bits per heavy atom. The third-order valence-electron chi connectivity index (χ3n) is 4.54. The quantitative estimate of drug-likeness (QED) is 0.740. The molecule has 3 heteroatoms. The van der Waals surface area contributed by atoms with Crippen LogP contribution in [0.4, 0.5) is 0 Å². The molecule has 1 N–H and O–H groups in total. The Morgan fingerprint density at radius 1 is 1.10 bits per heavy atom. The fourth-order valence-corrected chi connectivity index (χ4v) is 4.47. The highest BCUT2D eigenvalue weighted by Crippen LogP contribution is 2.39. The smallest absolute Gasteiger partial charge is 0.0719 e. The number of likely N-dealkylation sites (tertiary alicyclic amines) is 1. The first-order valence-electron chi connectivity index (χ1n) is 7.69. The van der Waals surface area contributed by atoms with Crippen molar-refractivity contribution in [2.24, 2.45) is 0 Å². The number of H-pyrrole nitrogens is 1. The van der Waals surface area contributed by atoms with Crippen LogP contribution in [0.5, 0.6) is 0 Å². The molecule has 4 rings (SSSR count). The predicted octanol–water partition coefficient (Wildman–Crippen LogP) is 4.72. The molecule has 3 heterocycles. The van der Waals surface area contributed by atoms with E-state index in [-0.39, 0.29) is 0 Å². The number of benzene rings is 1. The number of aromatic amines is 1. The summed E-state index contributed by atoms with van der Waals surface area (Å²) in [7, 11) is 0. The molecule has 0 saturated carbocycles. The lowest BCUT2D eigenvalue weighted by molar-refractivity contribution is 0.285. The van der Waals surface area contributed by atoms with Crippen molar-refractivity contribution in [1.82, 2.24) is 9.88 Å². The molecule has 1 saturated heterocycles. The summed E-state index contributed by atoms with van der Waals surface area (Å²) in [6.45, 7) is 4.63. The van der Waals surface area contributed by atoms with Gasteiger partial charge >= 0.3 is 0 Å². The minimum absolute atomic E-state index is 0.406. The molecule has 1 fully saturated rings. The molecule has 1 aliphatic rings. The molecule has 0 bridgehead atoms. The standard InChI is InChI=1S/C18H20N2S/c1-13-17(14-7-2-3-8-15(14)19-13)18(16-9-6-12-21-16)20-10-4-5-11-20/h2-3,6-9,12,18-19H,4-5,10-11H2,1H3/t18-/m1/s1. The van der Waals surface area contributed by atoms with Crippen LogP contribution in [0.1, 0.15) is 35.0 Å². The molecule has 0 spiro atoms. The molecule has 3 aromatic rings. The number of nitrogens with zero attached hydrogens (tertiary/aromatic N) is 1. The number of rotatable bonds is 3. The zero-order valence-electron chi connectivity index (χ0n) is 12.3. The topological polar surface area (TPSA) is 19.0 Å². The van der Waals surface area contributed by atoms with Crippen molar-refractivity contribution >= 4 is 22.2 Å². The van der Waals surface area contributed by atoms with Crippen molar-refractivity contribution in [2.75, 3.05) is 13.1 Å². The molecule has 108 valence electrons. The molecular formula is C18H20N2S. The number of hydrogen-bond acceptors (Lipinski definition) is 2. The first kappa shape index (κ1) is 13.1. The summed E-state index contributed by atoms with van der Waals surface area (Å²) in [5.41, 5.74) is 4.03. The van der Waals surface area contributed by atoms with E-state index in [0.29, 0.717) is 6.04 Å². The van der Waals surface area contributed by atoms with Crippen LogP contribution in [-0.4, -0.2) is 23.0 Å². The van der Waals surface area contributed by atoms with Gasteiger partial charge in [0.1, 0.15) is 0 Å². The summed E-state index contributed by atoms with van der Waals surface area (Å²) >= 11 is 1.88. The van der Waals surface area contributed by atoms with Gasteiger partial charge in [0, 0.05) is 27.0 Å². The SMILES string of the molecule is Cc1[nH]c2ccccc2c1[C@@H](c1cccs1)N1CCCC1. The van der Waals surface area contributed by atoms with Crippen molar-refractivity contribution in [1.29, 1.82) is 0 Å². The average Bonchev–Trinajstić information content (AvgIpc) is 3.22. The molecule has 2 aromatic heterocycles. The Labute approximate surface area is 129 Å². The van der Waals surface area contributed by atoms with Crippen LogP contribution in [-0.2, 0) is 0 Å². The van der Waals surface area contributed by atoms with Gasteiger partial charge in [0.2, 0.25) is 0 Å². The fraction of sp³-hybridized carbons (Fsp3) is 0.333. The highest BCUT2D eigenvalue weighted by atomic mass is 32.1. The lowest BCUT2D eigenvalue weighted by Crippen LogP contribution is -2.26. The minimum Gasteiger partial charge on any atom is -0.358 e. The summed E-state index contributed by atoms with van der Waals surface area (Å²) in [4.78, 5) is 7.68. The van der Waals surface area contributed by atoms with Gasteiger partial charge in [0.25, 0.3) is 0 Å². The Hall–Kier alpha value is -1.58. The number of aryl methyl sites for hydroxylation is 1. The van der Waals surface area contributed by atoms with Crippen molar-refractivity contribution in [3.05, 3.63) is 57.9 Å². The van der Waals surface area contributed by atoms with Crippen molar-refractivity contribution in [3.63, 3.8) is 0 Å². The molecule has 1 aromatic carbocycles. The number of nitrogens with one attached hydrogen (secondary N) is 1. The van der Waals surface area contributed by atoms with E-state index in [4.69, 9.17) is 0 Å². The maximum atomic E-state index is 3.57. The fourth-order valence-electron chi connectivity index (χ4n) is 3.60. The van der Waals surface area contributed by atoms with Gasteiger partial charge in [-0.3, -0.25) is 4.90 Å². The zero-order valence-corrected chi connectivity index (χ0v) is 13.1. The van der Waals surface area contributed by atoms with Gasteiger partial charge in [-0.15, -0.1) is 11.3 Å². The van der Waals surface area contributed by atoms with E-state index in [1.165, 1.54) is 53.0 Å². The highest BCUT2D eigenvalue weighted by molar-refractivity contribution is 7.10. The molecule has 0 unspecified atom stereocenters. The second kappa shape index (κ2) is 5.32. The minimum atomic E-state index is 0.406. The number of thiophene rings is 1. The van der Waals surface area contributed by atoms with Gasteiger partial charge < -0.3 is 4.98 Å². The first-order valence-corrected chi connectivity index (χ1v) is 8.57. The number of aromatic nitrogens is 1. The van der Waals surface area contributed by atoms with E-state index in [1.54, 1.807) is 0 Å². The molecule has 1 atom stereocenters. The van der Waals surface area contributed by atoms with Crippen molar-refractivity contribution in [2.45, 2.75) is 25.8 Å². The maximum Gasteiger partial charge on any atom is 0.0719 e. The normalized spacial score (nSPS) is 17.6. The monoisotopic (exact) mass is 296 g/mol. The molecule has 1 aliphatic heterocycles. The van der Waals surface area contributed by atoms with Crippen LogP contribution in [0.25, 0.3) is 10.9 Å². The van der Waals surface area contributed by atoms with E-state index in [9.17, 15) is 0 Å². The van der Waals surface area contributed by atoms with E-state index in [1.807, 2.05) is 11.3 Å². The van der Waals surface area contributed by atoms with Gasteiger partial charge in [-0.1, -0.05) is 24.3 Å². The van der Waals surface area contributed by atoms with Crippen LogP contribution in [0.3, 0.4) is 0 Å². The third-order valence-corrected chi connectivity index (χ3v) is 5.46. The molecule has 0 radical (unpaired) electrons. The predicted molar refractivity (Wildman–Crippen MR) is 90.0 cm³/mol. The third kappa shape index (κ3) is 2.21. The lowest BCUT2D eigenvalue weighted by Gasteiger charge is -2.27. The van der Waals surface area contributed by atoms with Gasteiger partial charge in [-0.2, -0.15) is 0 Å². The second-order valence-electron chi connectivity index (χ2n) is 5.87. The van der Waals surface area contributed by atoms with Crippen LogP contribution < -0.4 is 0 Å². The second-order valence-corrected chi connectivity index (χ2v) is 6.85. The lowest BCUT2D eigenvalue weighted by atomic mass is 10.0. The molecule has 21 heavy (non-hydrogen) atoms.